The third-order valence-corrected chi connectivity index (χ3v) is 8.57. The van der Waals surface area contributed by atoms with E-state index in [2.05, 4.69) is 29.9 Å². The van der Waals surface area contributed by atoms with Gasteiger partial charge >= 0.3 is 16.5 Å². The van der Waals surface area contributed by atoms with Gasteiger partial charge in [-0.1, -0.05) is 0 Å². The van der Waals surface area contributed by atoms with Gasteiger partial charge in [0, 0.05) is 15.6 Å². The molecule has 0 bridgehead atoms. The van der Waals surface area contributed by atoms with Gasteiger partial charge in [-0.25, -0.2) is 24.3 Å². The van der Waals surface area contributed by atoms with E-state index in [-0.39, 0.29) is 47.1 Å². The summed E-state index contributed by atoms with van der Waals surface area (Å²) in [4.78, 5) is 34.8. The van der Waals surface area contributed by atoms with Crippen molar-refractivity contribution < 1.29 is 41.1 Å². The predicted octanol–water partition coefficient (Wildman–Crippen LogP) is 0.779. The number of halogens is 1. The monoisotopic (exact) mass is 626 g/mol. The maximum absolute atomic E-state index is 15.7. The number of fused-ring (bicyclic) bond motifs is 4. The van der Waals surface area contributed by atoms with Crippen LogP contribution in [-0.4, -0.2) is 82.8 Å². The lowest BCUT2D eigenvalue weighted by Crippen LogP contribution is -2.34. The van der Waals surface area contributed by atoms with Crippen LogP contribution >= 0.6 is 16.5 Å². The second kappa shape index (κ2) is 10.6. The van der Waals surface area contributed by atoms with Crippen molar-refractivity contribution in [2.45, 2.75) is 49.5 Å². The molecule has 4 aromatic rings. The zero-order chi connectivity index (χ0) is 29.1. The number of nitrogens with one attached hydrogen (secondary N) is 1. The Labute approximate surface area is 234 Å². The highest BCUT2D eigenvalue weighted by molar-refractivity contribution is 7.33. The minimum absolute atomic E-state index is 0.0342. The van der Waals surface area contributed by atoms with Crippen LogP contribution < -0.4 is 17.0 Å². The van der Waals surface area contributed by atoms with Crippen LogP contribution in [0.1, 0.15) is 18.9 Å². The van der Waals surface area contributed by atoms with Crippen LogP contribution in [0.2, 0.25) is 0 Å². The van der Waals surface area contributed by atoms with Gasteiger partial charge in [-0.15, -0.1) is 18.1 Å². The van der Waals surface area contributed by atoms with Gasteiger partial charge in [0.2, 0.25) is 5.95 Å². The smallest absolute Gasteiger partial charge is 0.382 e. The highest BCUT2D eigenvalue weighted by Crippen LogP contribution is 2.44. The molecule has 0 spiro atoms. The van der Waals surface area contributed by atoms with Crippen molar-refractivity contribution in [1.29, 1.82) is 0 Å². The molecule has 7 rings (SSSR count). The Balaban J connectivity index is 1.10. The molecule has 0 aromatic carbocycles. The fourth-order valence-electron chi connectivity index (χ4n) is 5.06. The standard InChI is InChI=1S/C20H20FN10O9P2/c21-11-14-9(38-19(11)31-6-26-12-15(22)24-4-25-16(12)31)3-36-41(33)39-7-1-10(37-8(7)2-35-42(34)40-14)30-5-27-13-17(30)28-20(23)29-18(13)32/h4-11,14,19H,1-3H2,(H4-,22,23,24,25,28,29,32)/q+1/p+1/t7-,8+,9+,10?,11+,14+,19+/m0/s1. The van der Waals surface area contributed by atoms with Crippen LogP contribution in [0.5, 0.6) is 0 Å². The molecule has 19 nitrogen and oxygen atoms in total. The van der Waals surface area contributed by atoms with Crippen molar-refractivity contribution in [2.75, 3.05) is 24.7 Å². The molecule has 22 heteroatoms. The summed E-state index contributed by atoms with van der Waals surface area (Å²) in [5, 5.41) is 0. The number of anilines is 2. The second-order valence-electron chi connectivity index (χ2n) is 9.49. The molecule has 42 heavy (non-hydrogen) atoms. The van der Waals surface area contributed by atoms with E-state index in [1.165, 1.54) is 28.1 Å². The van der Waals surface area contributed by atoms with Gasteiger partial charge in [-0.05, 0) is 0 Å². The number of rotatable bonds is 2. The molecule has 3 aliphatic heterocycles. The molecule has 0 saturated carbocycles. The Morgan fingerprint density at radius 3 is 2.48 bits per heavy atom. The van der Waals surface area contributed by atoms with Crippen molar-refractivity contribution in [3.8, 4) is 0 Å². The molecule has 3 fully saturated rings. The predicted molar refractivity (Wildman–Crippen MR) is 136 cm³/mol. The molecule has 7 heterocycles. The van der Waals surface area contributed by atoms with Gasteiger partial charge in [0.1, 0.15) is 49.6 Å². The quantitative estimate of drug-likeness (QED) is 0.260. The number of ether oxygens (including phenoxy) is 2. The highest BCUT2D eigenvalue weighted by Gasteiger charge is 2.55. The summed E-state index contributed by atoms with van der Waals surface area (Å²) in [6, 6.07) is 0. The fraction of sp³-hybridized carbons (Fsp3) is 0.500. The summed E-state index contributed by atoms with van der Waals surface area (Å²) in [6.07, 6.45) is -4.49. The molecule has 9 atom stereocenters. The van der Waals surface area contributed by atoms with Crippen LogP contribution in [0.25, 0.3) is 22.3 Å². The first-order chi connectivity index (χ1) is 20.3. The Morgan fingerprint density at radius 1 is 0.905 bits per heavy atom. The zero-order valence-electron chi connectivity index (χ0n) is 21.1. The molecule has 220 valence electrons. The van der Waals surface area contributed by atoms with Crippen LogP contribution in [0.4, 0.5) is 16.2 Å². The average molecular weight is 626 g/mol. The van der Waals surface area contributed by atoms with Gasteiger partial charge in [-0.2, -0.15) is 4.98 Å². The summed E-state index contributed by atoms with van der Waals surface area (Å²) in [7, 11) is -5.65. The molecule has 4 aromatic heterocycles. The van der Waals surface area contributed by atoms with Crippen LogP contribution in [0.15, 0.2) is 23.8 Å². The third-order valence-electron chi connectivity index (χ3n) is 6.99. The van der Waals surface area contributed by atoms with Gasteiger partial charge in [0.05, 0.1) is 12.7 Å². The first-order valence-corrected chi connectivity index (χ1v) is 14.6. The first kappa shape index (κ1) is 27.2. The molecular formula is C20H21FN10O9P2+2. The van der Waals surface area contributed by atoms with Crippen molar-refractivity contribution in [3.05, 3.63) is 29.3 Å². The molecule has 0 radical (unpaired) electrons. The Bertz CT molecular complexity index is 1770. The topological polar surface area (TPSA) is 249 Å². The minimum atomic E-state index is -2.89. The minimum Gasteiger partial charge on any atom is -0.382 e. The maximum Gasteiger partial charge on any atom is 0.697 e. The molecule has 0 aliphatic carbocycles. The van der Waals surface area contributed by atoms with Crippen molar-refractivity contribution in [1.82, 2.24) is 39.0 Å². The number of nitrogens with zero attached hydrogens (tertiary/aromatic N) is 7. The Hall–Kier alpha value is -3.61. The number of nitrogens with two attached hydrogens (primary N) is 2. The molecular weight excluding hydrogens is 605 g/mol. The number of alkyl halides is 1. The first-order valence-electron chi connectivity index (χ1n) is 12.4. The molecule has 3 unspecified atom stereocenters. The Kier molecular flexibility index (Phi) is 6.87. The summed E-state index contributed by atoms with van der Waals surface area (Å²) >= 11 is 0. The maximum atomic E-state index is 15.7. The van der Waals surface area contributed by atoms with Crippen molar-refractivity contribution in [3.63, 3.8) is 0 Å². The molecule has 5 N–H and O–H groups in total. The summed E-state index contributed by atoms with van der Waals surface area (Å²) < 4.78 is 77.8. The van der Waals surface area contributed by atoms with E-state index >= 15 is 4.39 Å². The van der Waals surface area contributed by atoms with E-state index in [0.29, 0.717) is 0 Å². The lowest BCUT2D eigenvalue weighted by molar-refractivity contribution is -0.0529. The van der Waals surface area contributed by atoms with Crippen LogP contribution in [0, 0.1) is 0 Å². The van der Waals surface area contributed by atoms with E-state index in [4.69, 9.17) is 39.0 Å². The molecule has 0 amide bonds. The number of nitrogen functional groups attached to an aromatic ring is 2. The zero-order valence-corrected chi connectivity index (χ0v) is 22.9. The summed E-state index contributed by atoms with van der Waals surface area (Å²) in [6.45, 7) is -0.785. The highest BCUT2D eigenvalue weighted by atomic mass is 31.1. The van der Waals surface area contributed by atoms with E-state index in [1.807, 2.05) is 0 Å². The SMILES string of the molecule is Nc1nc2c(ncn2C2C[C@@H]3O[P+](=O)OC[C@H]4O[C@@H](n5cnc6c(N)ncnc65)[C@H](F)[C@@H]4O[P+](=O)OC[C@H]3O2)c(=O)[nH]1. The van der Waals surface area contributed by atoms with Gasteiger partial charge < -0.3 is 20.9 Å². The Morgan fingerprint density at radius 2 is 1.64 bits per heavy atom. The number of H-pyrrole nitrogens is 1. The lowest BCUT2D eigenvalue weighted by Gasteiger charge is -2.14. The number of imidazole rings is 2. The molecule has 3 saturated heterocycles. The number of aromatic nitrogens is 8. The van der Waals surface area contributed by atoms with Crippen molar-refractivity contribution in [2.24, 2.45) is 0 Å². The average Bonchev–Trinajstić information content (AvgIpc) is 3.72. The van der Waals surface area contributed by atoms with Crippen molar-refractivity contribution >= 4 is 50.6 Å². The molecule has 3 aliphatic rings. The fourth-order valence-corrected chi connectivity index (χ4v) is 6.61. The lowest BCUT2D eigenvalue weighted by atomic mass is 10.1. The number of hydrogen-bond acceptors (Lipinski definition) is 16. The third kappa shape index (κ3) is 4.71. The van der Waals surface area contributed by atoms with Gasteiger partial charge in [0.25, 0.3) is 5.56 Å². The summed E-state index contributed by atoms with van der Waals surface area (Å²) in [5.41, 5.74) is 11.6. The van der Waals surface area contributed by atoms with E-state index in [0.717, 1.165) is 0 Å². The van der Waals surface area contributed by atoms with Crippen LogP contribution in [-0.2, 0) is 36.7 Å². The number of hydrogen-bond donors (Lipinski definition) is 3. The second-order valence-corrected chi connectivity index (χ2v) is 11.3. The number of aromatic amines is 1. The van der Waals surface area contributed by atoms with Gasteiger partial charge in [-0.3, -0.25) is 18.9 Å². The largest absolute Gasteiger partial charge is 0.697 e. The van der Waals surface area contributed by atoms with E-state index in [9.17, 15) is 13.9 Å². The van der Waals surface area contributed by atoms with Crippen LogP contribution in [0.3, 0.4) is 0 Å². The van der Waals surface area contributed by atoms with Gasteiger partial charge in [0.15, 0.2) is 41.1 Å². The van der Waals surface area contributed by atoms with E-state index < -0.39 is 71.7 Å². The normalized spacial score (nSPS) is 32.5. The summed E-state index contributed by atoms with van der Waals surface area (Å²) in [5.74, 6) is -0.0297. The van der Waals surface area contributed by atoms with E-state index in [1.54, 1.807) is 0 Å².